The fourth-order valence-corrected chi connectivity index (χ4v) is 1.50. The average molecular weight is 185 g/mol. The highest BCUT2D eigenvalue weighted by Crippen LogP contribution is 2.28. The summed E-state index contributed by atoms with van der Waals surface area (Å²) in [5.41, 5.74) is 4.14. The number of nitriles is 1. The van der Waals surface area contributed by atoms with E-state index in [4.69, 9.17) is 10.00 Å². The Morgan fingerprint density at radius 3 is 2.71 bits per heavy atom. The smallest absolute Gasteiger partial charge is 0.127 e. The minimum Gasteiger partial charge on any atom is -0.488 e. The zero-order chi connectivity index (χ0) is 10.1. The first-order chi connectivity index (χ1) is 6.70. The Morgan fingerprint density at radius 2 is 2.00 bits per heavy atom. The Morgan fingerprint density at radius 1 is 1.29 bits per heavy atom. The third-order valence-corrected chi connectivity index (χ3v) is 2.48. The summed E-state index contributed by atoms with van der Waals surface area (Å²) in [5.74, 6) is 0.882. The van der Waals surface area contributed by atoms with Gasteiger partial charge in [-0.15, -0.1) is 0 Å². The van der Waals surface area contributed by atoms with Crippen LogP contribution >= 0.6 is 0 Å². The van der Waals surface area contributed by atoms with Gasteiger partial charge in [0.2, 0.25) is 0 Å². The van der Waals surface area contributed by atoms with E-state index in [0.29, 0.717) is 12.2 Å². The van der Waals surface area contributed by atoms with Gasteiger partial charge >= 0.3 is 0 Å². The highest BCUT2D eigenvalue weighted by molar-refractivity contribution is 5.66. The second-order valence-corrected chi connectivity index (χ2v) is 3.54. The van der Waals surface area contributed by atoms with Gasteiger partial charge in [-0.25, -0.2) is 0 Å². The number of fused-ring (bicyclic) bond motifs is 1. The summed E-state index contributed by atoms with van der Waals surface area (Å²) in [6.07, 6.45) is 1.89. The van der Waals surface area contributed by atoms with E-state index in [2.05, 4.69) is 26.0 Å². The predicted octanol–water partition coefficient (Wildman–Crippen LogP) is 2.60. The molecular weight excluding hydrogens is 174 g/mol. The van der Waals surface area contributed by atoms with Gasteiger partial charge in [0, 0.05) is 5.56 Å². The van der Waals surface area contributed by atoms with Gasteiger partial charge in [0.1, 0.15) is 12.4 Å². The molecule has 0 saturated carbocycles. The summed E-state index contributed by atoms with van der Waals surface area (Å²) in [6.45, 7) is 4.51. The molecule has 2 nitrogen and oxygen atoms in total. The van der Waals surface area contributed by atoms with Crippen molar-refractivity contribution < 1.29 is 4.74 Å². The van der Waals surface area contributed by atoms with Gasteiger partial charge in [0.25, 0.3) is 0 Å². The second kappa shape index (κ2) is 3.19. The van der Waals surface area contributed by atoms with Crippen LogP contribution in [0.3, 0.4) is 0 Å². The Kier molecular flexibility index (Phi) is 2.01. The number of rotatable bonds is 0. The van der Waals surface area contributed by atoms with Crippen LogP contribution in [0.15, 0.2) is 17.7 Å². The van der Waals surface area contributed by atoms with Crippen molar-refractivity contribution in [1.82, 2.24) is 0 Å². The van der Waals surface area contributed by atoms with Crippen LogP contribution in [0, 0.1) is 25.2 Å². The Balaban J connectivity index is 2.55. The molecule has 0 amide bonds. The monoisotopic (exact) mass is 185 g/mol. The average Bonchev–Trinajstić information content (AvgIpc) is 2.19. The Bertz CT molecular complexity index is 452. The van der Waals surface area contributed by atoms with E-state index in [-0.39, 0.29) is 0 Å². The lowest BCUT2D eigenvalue weighted by atomic mass is 10.0. The number of hydrogen-bond acceptors (Lipinski definition) is 2. The van der Waals surface area contributed by atoms with Crippen molar-refractivity contribution in [3.63, 3.8) is 0 Å². The molecule has 1 aliphatic heterocycles. The number of ether oxygens (including phenoxy) is 1. The van der Waals surface area contributed by atoms with E-state index in [1.165, 1.54) is 11.1 Å². The van der Waals surface area contributed by atoms with Gasteiger partial charge in [-0.2, -0.15) is 5.26 Å². The van der Waals surface area contributed by atoms with Crippen LogP contribution < -0.4 is 4.74 Å². The quantitative estimate of drug-likeness (QED) is 0.622. The van der Waals surface area contributed by atoms with Gasteiger partial charge in [-0.3, -0.25) is 0 Å². The van der Waals surface area contributed by atoms with Gasteiger partial charge in [-0.1, -0.05) is 0 Å². The molecule has 2 rings (SSSR count). The molecule has 1 aliphatic rings. The molecule has 0 saturated heterocycles. The van der Waals surface area contributed by atoms with Crippen LogP contribution in [0.2, 0.25) is 0 Å². The molecule has 0 N–H and O–H groups in total. The van der Waals surface area contributed by atoms with E-state index in [1.807, 2.05) is 12.1 Å². The highest BCUT2D eigenvalue weighted by Gasteiger charge is 2.11. The molecule has 0 atom stereocenters. The third-order valence-electron chi connectivity index (χ3n) is 2.48. The van der Waals surface area contributed by atoms with Crippen molar-refractivity contribution in [3.8, 4) is 11.8 Å². The summed E-state index contributed by atoms with van der Waals surface area (Å²) in [7, 11) is 0. The largest absolute Gasteiger partial charge is 0.488 e. The van der Waals surface area contributed by atoms with Crippen LogP contribution in [-0.4, -0.2) is 6.61 Å². The summed E-state index contributed by atoms with van der Waals surface area (Å²) in [6, 6.07) is 6.19. The summed E-state index contributed by atoms with van der Waals surface area (Å²) < 4.78 is 5.47. The van der Waals surface area contributed by atoms with Crippen LogP contribution in [0.1, 0.15) is 16.7 Å². The minimum absolute atomic E-state index is 0.395. The molecule has 0 aromatic heterocycles. The van der Waals surface area contributed by atoms with Crippen molar-refractivity contribution in [1.29, 1.82) is 5.26 Å². The Hall–Kier alpha value is -1.75. The van der Waals surface area contributed by atoms with Crippen LogP contribution in [0.4, 0.5) is 0 Å². The molecule has 70 valence electrons. The molecule has 1 heterocycles. The van der Waals surface area contributed by atoms with E-state index in [0.717, 1.165) is 11.3 Å². The first-order valence-electron chi connectivity index (χ1n) is 4.55. The number of nitrogens with zero attached hydrogens (tertiary/aromatic N) is 1. The standard InChI is InChI=1S/C12H11NO/c1-8-3-11-5-10(6-13)7-14-12(11)4-9(8)2/h3-5H,7H2,1-2H3. The molecule has 0 radical (unpaired) electrons. The van der Waals surface area contributed by atoms with E-state index in [1.54, 1.807) is 0 Å². The molecule has 0 bridgehead atoms. The normalized spacial score (nSPS) is 13.6. The molecule has 2 heteroatoms. The molecule has 0 fully saturated rings. The minimum atomic E-state index is 0.395. The zero-order valence-electron chi connectivity index (χ0n) is 8.29. The second-order valence-electron chi connectivity index (χ2n) is 3.54. The maximum absolute atomic E-state index is 8.74. The van der Waals surface area contributed by atoms with Crippen LogP contribution in [-0.2, 0) is 0 Å². The fraction of sp³-hybridized carbons (Fsp3) is 0.250. The van der Waals surface area contributed by atoms with Crippen molar-refractivity contribution in [2.75, 3.05) is 6.61 Å². The molecule has 14 heavy (non-hydrogen) atoms. The lowest BCUT2D eigenvalue weighted by molar-refractivity contribution is 0.351. The molecule has 0 spiro atoms. The number of hydrogen-bond donors (Lipinski definition) is 0. The van der Waals surface area contributed by atoms with Crippen molar-refractivity contribution >= 4 is 6.08 Å². The third kappa shape index (κ3) is 1.38. The first-order valence-corrected chi connectivity index (χ1v) is 4.55. The number of aryl methyl sites for hydroxylation is 2. The van der Waals surface area contributed by atoms with Crippen molar-refractivity contribution in [2.45, 2.75) is 13.8 Å². The number of benzene rings is 1. The fourth-order valence-electron chi connectivity index (χ4n) is 1.50. The van der Waals surface area contributed by atoms with Crippen molar-refractivity contribution in [3.05, 3.63) is 34.4 Å². The van der Waals surface area contributed by atoms with Crippen LogP contribution in [0.5, 0.6) is 5.75 Å². The van der Waals surface area contributed by atoms with E-state index < -0.39 is 0 Å². The van der Waals surface area contributed by atoms with Gasteiger partial charge in [0.05, 0.1) is 11.6 Å². The highest BCUT2D eigenvalue weighted by atomic mass is 16.5. The SMILES string of the molecule is Cc1cc2c(cc1C)OCC(C#N)=C2. The lowest BCUT2D eigenvalue weighted by Crippen LogP contribution is -2.06. The summed E-state index contributed by atoms with van der Waals surface area (Å²) in [4.78, 5) is 0. The zero-order valence-corrected chi connectivity index (χ0v) is 8.29. The molecule has 0 aliphatic carbocycles. The van der Waals surface area contributed by atoms with Gasteiger partial charge in [-0.05, 0) is 43.2 Å². The van der Waals surface area contributed by atoms with E-state index in [9.17, 15) is 0 Å². The maximum Gasteiger partial charge on any atom is 0.127 e. The van der Waals surface area contributed by atoms with E-state index >= 15 is 0 Å². The molecule has 1 aromatic rings. The van der Waals surface area contributed by atoms with Crippen LogP contribution in [0.25, 0.3) is 6.08 Å². The van der Waals surface area contributed by atoms with Crippen molar-refractivity contribution in [2.24, 2.45) is 0 Å². The summed E-state index contributed by atoms with van der Waals surface area (Å²) in [5, 5.41) is 8.74. The molecule has 1 aromatic carbocycles. The summed E-state index contributed by atoms with van der Waals surface area (Å²) >= 11 is 0. The Labute approximate surface area is 83.4 Å². The van der Waals surface area contributed by atoms with Gasteiger partial charge in [0.15, 0.2) is 0 Å². The lowest BCUT2D eigenvalue weighted by Gasteiger charge is -2.16. The first kappa shape index (κ1) is 8.83. The maximum atomic E-state index is 8.74. The molecular formula is C12H11NO. The topological polar surface area (TPSA) is 33.0 Å². The molecule has 0 unspecified atom stereocenters. The van der Waals surface area contributed by atoms with Gasteiger partial charge < -0.3 is 4.74 Å². The predicted molar refractivity (Wildman–Crippen MR) is 55.0 cm³/mol.